The van der Waals surface area contributed by atoms with E-state index in [1.165, 1.54) is 6.07 Å². The predicted molar refractivity (Wildman–Crippen MR) is 114 cm³/mol. The zero-order valence-corrected chi connectivity index (χ0v) is 17.3. The van der Waals surface area contributed by atoms with E-state index in [1.807, 2.05) is 24.3 Å². The van der Waals surface area contributed by atoms with Gasteiger partial charge in [-0.25, -0.2) is 0 Å². The zero-order valence-electron chi connectivity index (χ0n) is 17.3. The maximum absolute atomic E-state index is 12.9. The molecule has 0 bridgehead atoms. The van der Waals surface area contributed by atoms with Crippen LogP contribution in [0.1, 0.15) is 23.5 Å². The van der Waals surface area contributed by atoms with Crippen molar-refractivity contribution >= 4 is 27.8 Å². The highest BCUT2D eigenvalue weighted by atomic mass is 19.3. The number of ether oxygens (including phenoxy) is 2. The molecule has 8 heteroatoms. The molecule has 0 N–H and O–H groups in total. The number of carbonyl (C=O) groups is 1. The topological polar surface area (TPSA) is 64.8 Å². The highest BCUT2D eigenvalue weighted by Gasteiger charge is 2.33. The lowest BCUT2D eigenvalue weighted by Gasteiger charge is -2.18. The number of hydrogen-bond donors (Lipinski definition) is 0. The van der Waals surface area contributed by atoms with Crippen LogP contribution in [0.4, 0.5) is 8.78 Å². The second-order valence-corrected chi connectivity index (χ2v) is 7.74. The first-order chi connectivity index (χ1) is 15.5. The molecule has 2 aromatic heterocycles. The number of methoxy groups -OCH3 is 1. The number of benzene rings is 2. The van der Waals surface area contributed by atoms with Gasteiger partial charge < -0.3 is 18.8 Å². The van der Waals surface area contributed by atoms with Gasteiger partial charge in [0.05, 0.1) is 7.11 Å². The van der Waals surface area contributed by atoms with Crippen LogP contribution in [0.3, 0.4) is 0 Å². The van der Waals surface area contributed by atoms with E-state index in [-0.39, 0.29) is 23.2 Å². The number of hydrogen-bond acceptors (Lipinski definition) is 5. The number of likely N-dealkylation sites (tertiary alicyclic amines) is 1. The number of aromatic nitrogens is 1. The Kier molecular flexibility index (Phi) is 5.13. The number of alkyl halides is 2. The summed E-state index contributed by atoms with van der Waals surface area (Å²) < 4.78 is 41.7. The second-order valence-electron chi connectivity index (χ2n) is 7.74. The van der Waals surface area contributed by atoms with Crippen LogP contribution in [-0.2, 0) is 11.3 Å². The highest BCUT2D eigenvalue weighted by molar-refractivity contribution is 6.08. The lowest BCUT2D eigenvalue weighted by molar-refractivity contribution is -0.128. The van der Waals surface area contributed by atoms with Crippen LogP contribution >= 0.6 is 0 Å². The molecule has 4 aromatic rings. The molecule has 1 fully saturated rings. The largest absolute Gasteiger partial charge is 0.497 e. The van der Waals surface area contributed by atoms with E-state index in [0.717, 1.165) is 16.9 Å². The van der Waals surface area contributed by atoms with Gasteiger partial charge in [-0.1, -0.05) is 18.2 Å². The monoisotopic (exact) mass is 438 g/mol. The van der Waals surface area contributed by atoms with Crippen molar-refractivity contribution in [1.29, 1.82) is 0 Å². The molecule has 6 nitrogen and oxygen atoms in total. The lowest BCUT2D eigenvalue weighted by atomic mass is 9.93. The van der Waals surface area contributed by atoms with Gasteiger partial charge in [0.25, 0.3) is 0 Å². The quantitative estimate of drug-likeness (QED) is 0.419. The molecule has 0 radical (unpaired) electrons. The Morgan fingerprint density at radius 1 is 1.25 bits per heavy atom. The van der Waals surface area contributed by atoms with Crippen molar-refractivity contribution < 1.29 is 27.5 Å². The zero-order chi connectivity index (χ0) is 22.2. The normalized spacial score (nSPS) is 16.4. The third kappa shape index (κ3) is 3.62. The van der Waals surface area contributed by atoms with E-state index >= 15 is 0 Å². The number of carbonyl (C=O) groups excluding carboxylic acids is 1. The fraction of sp³-hybridized carbons (Fsp3) is 0.250. The summed E-state index contributed by atoms with van der Waals surface area (Å²) in [5.74, 6) is 0.619. The predicted octanol–water partition coefficient (Wildman–Crippen LogP) is 5.11. The van der Waals surface area contributed by atoms with Gasteiger partial charge in [-0.05, 0) is 35.4 Å². The van der Waals surface area contributed by atoms with E-state index in [2.05, 4.69) is 9.72 Å². The van der Waals surface area contributed by atoms with Crippen LogP contribution < -0.4 is 9.47 Å². The summed E-state index contributed by atoms with van der Waals surface area (Å²) in [5, 5.41) is 1.36. The summed E-state index contributed by atoms with van der Waals surface area (Å²) in [5.41, 5.74) is 2.60. The van der Waals surface area contributed by atoms with Gasteiger partial charge in [0.2, 0.25) is 5.91 Å². The molecule has 1 unspecified atom stereocenters. The van der Waals surface area contributed by atoms with Crippen LogP contribution in [0.25, 0.3) is 21.9 Å². The van der Waals surface area contributed by atoms with Crippen molar-refractivity contribution in [2.24, 2.45) is 0 Å². The lowest BCUT2D eigenvalue weighted by Crippen LogP contribution is -2.24. The first-order valence-electron chi connectivity index (χ1n) is 10.2. The van der Waals surface area contributed by atoms with E-state index in [0.29, 0.717) is 35.9 Å². The van der Waals surface area contributed by atoms with Crippen molar-refractivity contribution in [2.45, 2.75) is 25.5 Å². The molecule has 0 saturated carbocycles. The van der Waals surface area contributed by atoms with Gasteiger partial charge in [-0.3, -0.25) is 9.78 Å². The maximum Gasteiger partial charge on any atom is 0.387 e. The fourth-order valence-corrected chi connectivity index (χ4v) is 4.38. The average molecular weight is 438 g/mol. The molecule has 2 aromatic carbocycles. The van der Waals surface area contributed by atoms with Gasteiger partial charge in [-0.15, -0.1) is 0 Å². The maximum atomic E-state index is 12.9. The van der Waals surface area contributed by atoms with E-state index < -0.39 is 6.61 Å². The van der Waals surface area contributed by atoms with Crippen LogP contribution in [0.5, 0.6) is 11.5 Å². The Morgan fingerprint density at radius 3 is 2.94 bits per heavy atom. The minimum Gasteiger partial charge on any atom is -0.497 e. The van der Waals surface area contributed by atoms with Gasteiger partial charge in [0.1, 0.15) is 11.3 Å². The molecule has 1 aliphatic heterocycles. The Bertz CT molecular complexity index is 1300. The summed E-state index contributed by atoms with van der Waals surface area (Å²) in [6, 6.07) is 12.5. The minimum absolute atomic E-state index is 0.0322. The Morgan fingerprint density at radius 2 is 2.12 bits per heavy atom. The number of furan rings is 1. The van der Waals surface area contributed by atoms with Crippen LogP contribution in [0.2, 0.25) is 0 Å². The average Bonchev–Trinajstić information content (AvgIpc) is 3.35. The molecule has 1 atom stereocenters. The van der Waals surface area contributed by atoms with Crippen molar-refractivity contribution in [3.05, 3.63) is 66.0 Å². The second kappa shape index (κ2) is 8.11. The van der Waals surface area contributed by atoms with Gasteiger partial charge >= 0.3 is 6.61 Å². The molecular weight excluding hydrogens is 418 g/mol. The van der Waals surface area contributed by atoms with Crippen LogP contribution in [0, 0.1) is 0 Å². The van der Waals surface area contributed by atoms with E-state index in [1.54, 1.807) is 36.5 Å². The molecule has 0 spiro atoms. The van der Waals surface area contributed by atoms with Gasteiger partial charge in [0, 0.05) is 48.6 Å². The third-order valence-corrected chi connectivity index (χ3v) is 5.79. The first kappa shape index (κ1) is 20.2. The minimum atomic E-state index is -2.97. The SMILES string of the molecule is COc1cccc(CN2CC(c3ccc(OC(F)F)c4oc5ccncc5c34)CC2=O)c1. The van der Waals surface area contributed by atoms with E-state index in [4.69, 9.17) is 9.15 Å². The Hall–Kier alpha value is -3.68. The molecule has 1 aliphatic rings. The summed E-state index contributed by atoms with van der Waals surface area (Å²) >= 11 is 0. The fourth-order valence-electron chi connectivity index (χ4n) is 4.38. The number of rotatable bonds is 6. The molecule has 1 saturated heterocycles. The standard InChI is InChI=1S/C24H20F2N2O4/c1-30-16-4-2-3-14(9-16)12-28-13-15(10-21(28)29)17-5-6-20(32-24(25)26)23-22(17)18-11-27-8-7-19(18)31-23/h2-9,11,15,24H,10,12-13H2,1H3. The van der Waals surface area contributed by atoms with Crippen LogP contribution in [-0.4, -0.2) is 36.1 Å². The third-order valence-electron chi connectivity index (χ3n) is 5.79. The van der Waals surface area contributed by atoms with E-state index in [9.17, 15) is 13.6 Å². The van der Waals surface area contributed by atoms with Crippen LogP contribution in [0.15, 0.2) is 59.3 Å². The van der Waals surface area contributed by atoms with Crippen molar-refractivity contribution in [2.75, 3.05) is 13.7 Å². The molecule has 164 valence electrons. The van der Waals surface area contributed by atoms with Gasteiger partial charge in [-0.2, -0.15) is 8.78 Å². The molecule has 1 amide bonds. The molecule has 0 aliphatic carbocycles. The summed E-state index contributed by atoms with van der Waals surface area (Å²) in [6.45, 7) is -2.00. The van der Waals surface area contributed by atoms with Crippen molar-refractivity contribution in [3.63, 3.8) is 0 Å². The molecule has 3 heterocycles. The Labute approximate surface area is 182 Å². The number of amides is 1. The Balaban J connectivity index is 1.51. The van der Waals surface area contributed by atoms with Gasteiger partial charge in [0.15, 0.2) is 11.3 Å². The summed E-state index contributed by atoms with van der Waals surface area (Å²) in [4.78, 5) is 18.8. The van der Waals surface area contributed by atoms with Crippen molar-refractivity contribution in [3.8, 4) is 11.5 Å². The molecule has 32 heavy (non-hydrogen) atoms. The number of nitrogens with zero attached hydrogens (tertiary/aromatic N) is 2. The molecule has 5 rings (SSSR count). The number of pyridine rings is 1. The van der Waals surface area contributed by atoms with Crippen molar-refractivity contribution in [1.82, 2.24) is 9.88 Å². The summed E-state index contributed by atoms with van der Waals surface area (Å²) in [6.07, 6.45) is 3.54. The summed E-state index contributed by atoms with van der Waals surface area (Å²) in [7, 11) is 1.60. The number of fused-ring (bicyclic) bond motifs is 3. The highest BCUT2D eigenvalue weighted by Crippen LogP contribution is 2.42. The molecular formula is C24H20F2N2O4. The smallest absolute Gasteiger partial charge is 0.387 e. The first-order valence-corrected chi connectivity index (χ1v) is 10.2. The number of halogens is 2.